The maximum Gasteiger partial charge on any atom is 0.168 e. The van der Waals surface area contributed by atoms with Gasteiger partial charge in [-0.25, -0.2) is 0 Å². The second kappa shape index (κ2) is 5.80. The van der Waals surface area contributed by atoms with Crippen LogP contribution < -0.4 is 5.32 Å². The van der Waals surface area contributed by atoms with Crippen molar-refractivity contribution in [2.24, 2.45) is 0 Å². The predicted octanol–water partition coefficient (Wildman–Crippen LogP) is 4.09. The van der Waals surface area contributed by atoms with Gasteiger partial charge in [0.05, 0.1) is 0 Å². The highest BCUT2D eigenvalue weighted by molar-refractivity contribution is 7.12. The van der Waals surface area contributed by atoms with Gasteiger partial charge >= 0.3 is 0 Å². The van der Waals surface area contributed by atoms with Gasteiger partial charge in [0.2, 0.25) is 0 Å². The molecule has 2 heterocycles. The number of thiophene rings is 1. The van der Waals surface area contributed by atoms with E-state index in [-0.39, 0.29) is 5.78 Å². The number of hydrogen-bond acceptors (Lipinski definition) is 3. The van der Waals surface area contributed by atoms with Crippen LogP contribution in [0.2, 0.25) is 0 Å². The summed E-state index contributed by atoms with van der Waals surface area (Å²) in [6.07, 6.45) is 3.69. The van der Waals surface area contributed by atoms with Gasteiger partial charge in [-0.2, -0.15) is 0 Å². The number of fused-ring (bicyclic) bond motifs is 1. The lowest BCUT2D eigenvalue weighted by atomic mass is 9.94. The molecule has 1 aliphatic heterocycles. The van der Waals surface area contributed by atoms with E-state index in [1.807, 2.05) is 12.1 Å². The maximum atomic E-state index is 12.6. The van der Waals surface area contributed by atoms with Crippen molar-refractivity contribution in [3.63, 3.8) is 0 Å². The van der Waals surface area contributed by atoms with Crippen LogP contribution in [0, 0.1) is 0 Å². The summed E-state index contributed by atoms with van der Waals surface area (Å²) >= 11 is 1.76. The number of aryl methyl sites for hydroxylation is 1. The highest BCUT2D eigenvalue weighted by Gasteiger charge is 2.17. The minimum Gasteiger partial charge on any atom is -0.385 e. The molecule has 3 heteroatoms. The third-order valence-corrected chi connectivity index (χ3v) is 5.03. The molecule has 20 heavy (non-hydrogen) atoms. The number of carbonyl (C=O) groups excluding carboxylic acids is 1. The van der Waals surface area contributed by atoms with Crippen LogP contribution >= 0.6 is 11.3 Å². The van der Waals surface area contributed by atoms with Crippen LogP contribution in [0.1, 0.15) is 39.0 Å². The number of ketones is 1. The molecule has 104 valence electrons. The summed E-state index contributed by atoms with van der Waals surface area (Å²) in [7, 11) is 0. The van der Waals surface area contributed by atoms with Crippen molar-refractivity contribution in [1.82, 2.24) is 0 Å². The Balaban J connectivity index is 1.83. The smallest absolute Gasteiger partial charge is 0.168 e. The molecule has 0 aliphatic carbocycles. The van der Waals surface area contributed by atoms with Crippen molar-refractivity contribution < 1.29 is 4.79 Å². The van der Waals surface area contributed by atoms with Crippen molar-refractivity contribution >= 4 is 22.8 Å². The fraction of sp³-hybridized carbons (Fsp3) is 0.353. The highest BCUT2D eigenvalue weighted by Crippen LogP contribution is 2.27. The Hall–Kier alpha value is -1.61. The molecule has 0 unspecified atom stereocenters. The first-order valence-electron chi connectivity index (χ1n) is 7.24. The molecule has 0 spiro atoms. The predicted molar refractivity (Wildman–Crippen MR) is 85.0 cm³/mol. The summed E-state index contributed by atoms with van der Waals surface area (Å²) in [6, 6.07) is 10.3. The lowest BCUT2D eigenvalue weighted by Gasteiger charge is -2.20. The molecule has 3 rings (SSSR count). The van der Waals surface area contributed by atoms with Crippen LogP contribution in [-0.2, 0) is 19.3 Å². The minimum atomic E-state index is 0.245. The van der Waals surface area contributed by atoms with E-state index in [1.54, 1.807) is 11.3 Å². The van der Waals surface area contributed by atoms with Crippen molar-refractivity contribution in [1.29, 1.82) is 0 Å². The topological polar surface area (TPSA) is 29.1 Å². The van der Waals surface area contributed by atoms with Gasteiger partial charge in [0.25, 0.3) is 0 Å². The molecule has 2 aromatic rings. The molecule has 0 amide bonds. The fourth-order valence-electron chi connectivity index (χ4n) is 2.73. The third kappa shape index (κ3) is 2.63. The minimum absolute atomic E-state index is 0.245. The molecular formula is C17H19NOS. The normalized spacial score (nSPS) is 13.7. The van der Waals surface area contributed by atoms with Crippen LogP contribution in [0.5, 0.6) is 0 Å². The Kier molecular flexibility index (Phi) is 3.88. The SMILES string of the molecule is CCc1ccc(CC(=O)c2cccc3c2CCCN3)s1. The fourth-order valence-corrected chi connectivity index (χ4v) is 3.69. The summed E-state index contributed by atoms with van der Waals surface area (Å²) in [5.41, 5.74) is 3.25. The van der Waals surface area contributed by atoms with Crippen LogP contribution in [0.15, 0.2) is 30.3 Å². The average molecular weight is 285 g/mol. The Morgan fingerprint density at radius 1 is 1.25 bits per heavy atom. The first kappa shape index (κ1) is 13.4. The Morgan fingerprint density at radius 2 is 2.10 bits per heavy atom. The van der Waals surface area contributed by atoms with Gasteiger partial charge in [-0.05, 0) is 43.0 Å². The Labute approximate surface area is 123 Å². The zero-order chi connectivity index (χ0) is 13.9. The molecule has 1 N–H and O–H groups in total. The maximum absolute atomic E-state index is 12.6. The number of benzene rings is 1. The van der Waals surface area contributed by atoms with Gasteiger partial charge in [-0.3, -0.25) is 4.79 Å². The van der Waals surface area contributed by atoms with Crippen LogP contribution in [0.25, 0.3) is 0 Å². The molecule has 1 aromatic heterocycles. The summed E-state index contributed by atoms with van der Waals surface area (Å²) in [4.78, 5) is 15.1. The van der Waals surface area contributed by atoms with Gasteiger partial charge in [0, 0.05) is 34.0 Å². The summed E-state index contributed by atoms with van der Waals surface area (Å²) in [5.74, 6) is 0.245. The zero-order valence-electron chi connectivity index (χ0n) is 11.7. The molecule has 2 nitrogen and oxygen atoms in total. The molecule has 0 saturated heterocycles. The van der Waals surface area contributed by atoms with Crippen LogP contribution in [0.4, 0.5) is 5.69 Å². The Morgan fingerprint density at radius 3 is 2.90 bits per heavy atom. The van der Waals surface area contributed by atoms with E-state index in [0.29, 0.717) is 6.42 Å². The largest absolute Gasteiger partial charge is 0.385 e. The Bertz CT molecular complexity index is 630. The summed E-state index contributed by atoms with van der Waals surface area (Å²) in [5, 5.41) is 3.39. The van der Waals surface area contributed by atoms with Gasteiger partial charge in [0.1, 0.15) is 0 Å². The van der Waals surface area contributed by atoms with E-state index in [1.165, 1.54) is 15.3 Å². The van der Waals surface area contributed by atoms with E-state index < -0.39 is 0 Å². The monoisotopic (exact) mass is 285 g/mol. The summed E-state index contributed by atoms with van der Waals surface area (Å²) in [6.45, 7) is 3.16. The first-order chi connectivity index (χ1) is 9.78. The van der Waals surface area contributed by atoms with E-state index >= 15 is 0 Å². The van der Waals surface area contributed by atoms with Gasteiger partial charge in [-0.15, -0.1) is 11.3 Å². The first-order valence-corrected chi connectivity index (χ1v) is 8.06. The lowest BCUT2D eigenvalue weighted by Crippen LogP contribution is -2.16. The van der Waals surface area contributed by atoms with Crippen LogP contribution in [0.3, 0.4) is 0 Å². The van der Waals surface area contributed by atoms with Gasteiger partial charge in [-0.1, -0.05) is 19.1 Å². The molecule has 0 radical (unpaired) electrons. The number of nitrogens with one attached hydrogen (secondary N) is 1. The summed E-state index contributed by atoms with van der Waals surface area (Å²) < 4.78 is 0. The molecule has 0 bridgehead atoms. The molecular weight excluding hydrogens is 266 g/mol. The zero-order valence-corrected chi connectivity index (χ0v) is 12.6. The third-order valence-electron chi connectivity index (χ3n) is 3.80. The van der Waals surface area contributed by atoms with Gasteiger partial charge < -0.3 is 5.32 Å². The molecule has 0 fully saturated rings. The number of Topliss-reactive ketones (excluding diaryl/α,β-unsaturated/α-hetero) is 1. The van der Waals surface area contributed by atoms with Gasteiger partial charge in [0.15, 0.2) is 5.78 Å². The standard InChI is InChI=1S/C17H19NOS/c1-2-12-8-9-13(20-12)11-17(19)15-5-3-7-16-14(15)6-4-10-18-16/h3,5,7-9,18H,2,4,6,10-11H2,1H3. The van der Waals surface area contributed by atoms with Crippen molar-refractivity contribution in [2.45, 2.75) is 32.6 Å². The van der Waals surface area contributed by atoms with Crippen molar-refractivity contribution in [2.75, 3.05) is 11.9 Å². The second-order valence-corrected chi connectivity index (χ2v) is 6.44. The molecule has 1 aliphatic rings. The average Bonchev–Trinajstić information content (AvgIpc) is 2.94. The van der Waals surface area contributed by atoms with Crippen LogP contribution in [-0.4, -0.2) is 12.3 Å². The quantitative estimate of drug-likeness (QED) is 0.857. The van der Waals surface area contributed by atoms with Crippen molar-refractivity contribution in [3.05, 3.63) is 51.2 Å². The molecule has 1 aromatic carbocycles. The van der Waals surface area contributed by atoms with E-state index in [0.717, 1.165) is 37.1 Å². The second-order valence-electron chi connectivity index (χ2n) is 5.18. The highest BCUT2D eigenvalue weighted by atomic mass is 32.1. The lowest BCUT2D eigenvalue weighted by molar-refractivity contribution is 0.0993. The number of rotatable bonds is 4. The van der Waals surface area contributed by atoms with E-state index in [9.17, 15) is 4.79 Å². The molecule has 0 atom stereocenters. The molecule has 0 saturated carbocycles. The van der Waals surface area contributed by atoms with E-state index in [2.05, 4.69) is 30.4 Å². The number of carbonyl (C=O) groups is 1. The van der Waals surface area contributed by atoms with E-state index in [4.69, 9.17) is 0 Å². The number of anilines is 1. The van der Waals surface area contributed by atoms with Crippen molar-refractivity contribution in [3.8, 4) is 0 Å². The number of hydrogen-bond donors (Lipinski definition) is 1.